The molecule has 2 fully saturated rings. The molecular formula is C23H23NO4. The Morgan fingerprint density at radius 1 is 0.929 bits per heavy atom. The quantitative estimate of drug-likeness (QED) is 0.776. The van der Waals surface area contributed by atoms with E-state index in [1.165, 1.54) is 0 Å². The number of rotatable bonds is 3. The average Bonchev–Trinajstić information content (AvgIpc) is 3.30. The minimum Gasteiger partial charge on any atom is -0.447 e. The van der Waals surface area contributed by atoms with Crippen LogP contribution >= 0.6 is 0 Å². The van der Waals surface area contributed by atoms with Gasteiger partial charge in [0.05, 0.1) is 18.3 Å². The third-order valence-corrected chi connectivity index (χ3v) is 5.70. The molecule has 28 heavy (non-hydrogen) atoms. The lowest BCUT2D eigenvalue weighted by Crippen LogP contribution is -2.45. The van der Waals surface area contributed by atoms with Gasteiger partial charge in [0.2, 0.25) is 5.79 Å². The maximum Gasteiger partial charge on any atom is 0.414 e. The van der Waals surface area contributed by atoms with Gasteiger partial charge in [0.25, 0.3) is 0 Å². The zero-order chi connectivity index (χ0) is 19.0. The van der Waals surface area contributed by atoms with Crippen LogP contribution in [0.5, 0.6) is 0 Å². The van der Waals surface area contributed by atoms with E-state index in [0.29, 0.717) is 13.2 Å². The van der Waals surface area contributed by atoms with Gasteiger partial charge in [0.1, 0.15) is 12.7 Å². The average molecular weight is 377 g/mol. The summed E-state index contributed by atoms with van der Waals surface area (Å²) in [5.74, 6) is -0.894. The van der Waals surface area contributed by atoms with Crippen molar-refractivity contribution in [3.8, 4) is 0 Å². The van der Waals surface area contributed by atoms with Crippen molar-refractivity contribution in [2.45, 2.75) is 37.2 Å². The zero-order valence-electron chi connectivity index (χ0n) is 15.6. The molecule has 5 heteroatoms. The highest BCUT2D eigenvalue weighted by atomic mass is 16.7. The number of hydrogen-bond donors (Lipinski definition) is 0. The number of nitrogens with zero attached hydrogens (tertiary/aromatic N) is 1. The van der Waals surface area contributed by atoms with Crippen LogP contribution in [-0.4, -0.2) is 30.0 Å². The van der Waals surface area contributed by atoms with E-state index in [4.69, 9.17) is 14.2 Å². The summed E-state index contributed by atoms with van der Waals surface area (Å²) in [5, 5.41) is 0. The number of cyclic esters (lactones) is 1. The van der Waals surface area contributed by atoms with Gasteiger partial charge in [-0.05, 0) is 30.0 Å². The molecule has 1 spiro atoms. The Morgan fingerprint density at radius 3 is 2.32 bits per heavy atom. The summed E-state index contributed by atoms with van der Waals surface area (Å²) in [5.41, 5.74) is 2.87. The van der Waals surface area contributed by atoms with Gasteiger partial charge in [0.15, 0.2) is 0 Å². The maximum atomic E-state index is 12.8. The van der Waals surface area contributed by atoms with E-state index in [9.17, 15) is 4.79 Å². The summed E-state index contributed by atoms with van der Waals surface area (Å²) >= 11 is 0. The first kappa shape index (κ1) is 17.5. The SMILES string of the molecule is O=C1OC[C@H](c2ccccc2)N1C1=C[C@H](c2ccccc2)O[C@@]12CCCCO2. The van der Waals surface area contributed by atoms with Crippen molar-refractivity contribution in [3.05, 3.63) is 83.6 Å². The van der Waals surface area contributed by atoms with Crippen molar-refractivity contribution in [2.75, 3.05) is 13.2 Å². The van der Waals surface area contributed by atoms with E-state index in [-0.39, 0.29) is 18.2 Å². The Hall–Kier alpha value is -2.63. The topological polar surface area (TPSA) is 48.0 Å². The molecule has 2 aromatic rings. The highest BCUT2D eigenvalue weighted by molar-refractivity contribution is 5.73. The van der Waals surface area contributed by atoms with Gasteiger partial charge in [0, 0.05) is 6.42 Å². The minimum atomic E-state index is -0.894. The smallest absolute Gasteiger partial charge is 0.414 e. The molecule has 144 valence electrons. The van der Waals surface area contributed by atoms with Gasteiger partial charge in [-0.1, -0.05) is 60.7 Å². The number of carbonyl (C=O) groups excluding carboxylic acids is 1. The molecule has 0 aromatic heterocycles. The summed E-state index contributed by atoms with van der Waals surface area (Å²) in [4.78, 5) is 14.5. The zero-order valence-corrected chi connectivity index (χ0v) is 15.6. The van der Waals surface area contributed by atoms with E-state index >= 15 is 0 Å². The molecule has 2 saturated heterocycles. The molecule has 0 aliphatic carbocycles. The van der Waals surface area contributed by atoms with Crippen molar-refractivity contribution in [2.24, 2.45) is 0 Å². The fraction of sp³-hybridized carbons (Fsp3) is 0.348. The molecule has 3 heterocycles. The first-order valence-corrected chi connectivity index (χ1v) is 9.87. The number of amides is 1. The van der Waals surface area contributed by atoms with Crippen LogP contribution < -0.4 is 0 Å². The monoisotopic (exact) mass is 377 g/mol. The third kappa shape index (κ3) is 2.91. The van der Waals surface area contributed by atoms with Crippen molar-refractivity contribution in [1.29, 1.82) is 0 Å². The van der Waals surface area contributed by atoms with Gasteiger partial charge < -0.3 is 14.2 Å². The van der Waals surface area contributed by atoms with Crippen molar-refractivity contribution < 1.29 is 19.0 Å². The van der Waals surface area contributed by atoms with Gasteiger partial charge in [-0.3, -0.25) is 4.90 Å². The molecule has 5 rings (SSSR count). The molecule has 5 nitrogen and oxygen atoms in total. The van der Waals surface area contributed by atoms with E-state index in [1.807, 2.05) is 66.7 Å². The summed E-state index contributed by atoms with van der Waals surface area (Å²) in [6.07, 6.45) is 4.17. The van der Waals surface area contributed by atoms with E-state index in [1.54, 1.807) is 4.90 Å². The second kappa shape index (κ2) is 7.08. The molecule has 0 radical (unpaired) electrons. The minimum absolute atomic E-state index is 0.180. The number of benzene rings is 2. The van der Waals surface area contributed by atoms with Crippen LogP contribution in [0.3, 0.4) is 0 Å². The van der Waals surface area contributed by atoms with Crippen LogP contribution in [0.25, 0.3) is 0 Å². The van der Waals surface area contributed by atoms with E-state index in [2.05, 4.69) is 0 Å². The lowest BCUT2D eigenvalue weighted by molar-refractivity contribution is -0.240. The third-order valence-electron chi connectivity index (χ3n) is 5.70. The first-order valence-electron chi connectivity index (χ1n) is 9.87. The lowest BCUT2D eigenvalue weighted by Gasteiger charge is -2.39. The lowest BCUT2D eigenvalue weighted by atomic mass is 9.99. The van der Waals surface area contributed by atoms with Crippen LogP contribution in [0.4, 0.5) is 4.79 Å². The van der Waals surface area contributed by atoms with Gasteiger partial charge in [-0.2, -0.15) is 0 Å². The standard InChI is InChI=1S/C23H23NO4/c25-22-24(19(16-26-22)17-9-3-1-4-10-17)21-15-20(18-11-5-2-6-12-18)28-23(21)13-7-8-14-27-23/h1-6,9-12,15,19-20H,7-8,13-14,16H2/t19-,20-,23+/m1/s1. The Kier molecular flexibility index (Phi) is 4.41. The van der Waals surface area contributed by atoms with Crippen LogP contribution in [0.1, 0.15) is 42.5 Å². The molecule has 3 aliphatic rings. The number of hydrogen-bond acceptors (Lipinski definition) is 4. The summed E-state index contributed by atoms with van der Waals surface area (Å²) < 4.78 is 18.1. The largest absolute Gasteiger partial charge is 0.447 e. The summed E-state index contributed by atoms with van der Waals surface area (Å²) in [6.45, 7) is 0.948. The Labute approximate surface area is 164 Å². The fourth-order valence-corrected chi connectivity index (χ4v) is 4.31. The number of carbonyl (C=O) groups is 1. The van der Waals surface area contributed by atoms with Crippen molar-refractivity contribution in [1.82, 2.24) is 4.90 Å². The van der Waals surface area contributed by atoms with E-state index in [0.717, 1.165) is 36.1 Å². The Bertz CT molecular complexity index is 874. The fourth-order valence-electron chi connectivity index (χ4n) is 4.31. The first-order chi connectivity index (χ1) is 13.8. The van der Waals surface area contributed by atoms with Gasteiger partial charge in [-0.25, -0.2) is 4.79 Å². The van der Waals surface area contributed by atoms with Crippen LogP contribution in [0, 0.1) is 0 Å². The predicted molar refractivity (Wildman–Crippen MR) is 103 cm³/mol. The second-order valence-corrected chi connectivity index (χ2v) is 7.43. The van der Waals surface area contributed by atoms with Crippen molar-refractivity contribution in [3.63, 3.8) is 0 Å². The van der Waals surface area contributed by atoms with Crippen LogP contribution in [-0.2, 0) is 14.2 Å². The van der Waals surface area contributed by atoms with Gasteiger partial charge in [-0.15, -0.1) is 0 Å². The predicted octanol–water partition coefficient (Wildman–Crippen LogP) is 4.73. The molecule has 0 unspecified atom stereocenters. The van der Waals surface area contributed by atoms with Crippen LogP contribution in [0.15, 0.2) is 72.4 Å². The normalized spacial score (nSPS) is 29.8. The second-order valence-electron chi connectivity index (χ2n) is 7.43. The molecule has 0 bridgehead atoms. The van der Waals surface area contributed by atoms with E-state index < -0.39 is 5.79 Å². The summed E-state index contributed by atoms with van der Waals surface area (Å²) in [7, 11) is 0. The molecule has 3 aliphatic heterocycles. The Balaban J connectivity index is 1.56. The molecule has 0 saturated carbocycles. The highest BCUT2D eigenvalue weighted by Crippen LogP contribution is 2.48. The molecule has 1 amide bonds. The molecule has 2 aromatic carbocycles. The number of ether oxygens (including phenoxy) is 3. The molecule has 0 N–H and O–H groups in total. The molecular weight excluding hydrogens is 354 g/mol. The Morgan fingerprint density at radius 2 is 1.64 bits per heavy atom. The van der Waals surface area contributed by atoms with Gasteiger partial charge >= 0.3 is 6.09 Å². The highest BCUT2D eigenvalue weighted by Gasteiger charge is 2.52. The van der Waals surface area contributed by atoms with Crippen LogP contribution in [0.2, 0.25) is 0 Å². The molecule has 3 atom stereocenters. The maximum absolute atomic E-state index is 12.8. The van der Waals surface area contributed by atoms with Crippen molar-refractivity contribution >= 4 is 6.09 Å². The summed E-state index contributed by atoms with van der Waals surface area (Å²) in [6, 6.07) is 19.9.